The van der Waals surface area contributed by atoms with E-state index in [1.54, 1.807) is 0 Å². The van der Waals surface area contributed by atoms with Crippen molar-refractivity contribution in [3.8, 4) is 0 Å². The Balaban J connectivity index is 1.31. The number of pyridine rings is 1. The third kappa shape index (κ3) is 11.5. The summed E-state index contributed by atoms with van der Waals surface area (Å²) in [6.07, 6.45) is 17.3. The van der Waals surface area contributed by atoms with Gasteiger partial charge < -0.3 is 0 Å². The topological polar surface area (TPSA) is 12.9 Å². The van der Waals surface area contributed by atoms with Crippen molar-refractivity contribution in [2.45, 2.75) is 18.6 Å². The minimum atomic E-state index is 1.07. The average molecular weight is 424 g/mol. The first-order valence-corrected chi connectivity index (χ1v) is 13.8. The van der Waals surface area contributed by atoms with Gasteiger partial charge in [0, 0.05) is 46.9 Å². The van der Waals surface area contributed by atoms with Crippen LogP contribution in [0.25, 0.3) is 0 Å². The Morgan fingerprint density at radius 2 is 1.46 bits per heavy atom. The van der Waals surface area contributed by atoms with Gasteiger partial charge in [0.05, 0.1) is 0 Å². The molecule has 1 aliphatic rings. The smallest absolute Gasteiger partial charge is 0.0270 e. The molecule has 0 fully saturated rings. The van der Waals surface area contributed by atoms with Crippen LogP contribution in [-0.4, -0.2) is 45.3 Å². The van der Waals surface area contributed by atoms with Gasteiger partial charge in [-0.25, -0.2) is 0 Å². The van der Waals surface area contributed by atoms with Crippen LogP contribution in [0, 0.1) is 0 Å². The van der Waals surface area contributed by atoms with Crippen molar-refractivity contribution in [3.63, 3.8) is 0 Å². The summed E-state index contributed by atoms with van der Waals surface area (Å²) in [6.45, 7) is 0. The molecule has 0 saturated carbocycles. The van der Waals surface area contributed by atoms with Gasteiger partial charge in [0.2, 0.25) is 0 Å². The molecule has 2 rings (SSSR count). The summed E-state index contributed by atoms with van der Waals surface area (Å²) in [6, 6.07) is 4.22. The van der Waals surface area contributed by atoms with Gasteiger partial charge in [-0.05, 0) is 47.6 Å². The summed E-state index contributed by atoms with van der Waals surface area (Å²) in [5, 5.41) is 0. The van der Waals surface area contributed by atoms with Crippen molar-refractivity contribution in [2.24, 2.45) is 0 Å². The number of nitrogens with zero attached hydrogens (tertiary/aromatic N) is 1. The molecule has 1 nitrogen and oxygen atoms in total. The lowest BCUT2D eigenvalue weighted by molar-refractivity contribution is 1.12. The van der Waals surface area contributed by atoms with Crippen molar-refractivity contribution in [3.05, 3.63) is 66.0 Å². The number of hydrogen-bond donors (Lipinski definition) is 0. The molecule has 0 radical (unpaired) electrons. The largest absolute Gasteiger partial charge is 0.265 e. The summed E-state index contributed by atoms with van der Waals surface area (Å²) in [7, 11) is 0. The second kappa shape index (κ2) is 15.8. The highest BCUT2D eigenvalue weighted by Crippen LogP contribution is 2.16. The number of hydrogen-bond acceptors (Lipinski definition) is 5. The van der Waals surface area contributed by atoms with Gasteiger partial charge in [-0.2, -0.15) is 47.0 Å². The monoisotopic (exact) mass is 423 g/mol. The normalized spacial score (nSPS) is 13.6. The summed E-state index contributed by atoms with van der Waals surface area (Å²) in [5.41, 5.74) is 2.83. The zero-order valence-corrected chi connectivity index (χ0v) is 18.6. The van der Waals surface area contributed by atoms with Crippen LogP contribution < -0.4 is 0 Å². The molecule has 0 aromatic carbocycles. The molecule has 0 amide bonds. The summed E-state index contributed by atoms with van der Waals surface area (Å²) >= 11 is 8.30. The van der Waals surface area contributed by atoms with Gasteiger partial charge in [-0.1, -0.05) is 30.4 Å². The Bertz CT molecular complexity index is 554. The third-order valence-electron chi connectivity index (χ3n) is 3.66. The van der Waals surface area contributed by atoms with E-state index in [1.807, 2.05) is 24.2 Å². The Hall–Kier alpha value is -0.230. The fourth-order valence-electron chi connectivity index (χ4n) is 2.28. The third-order valence-corrected chi connectivity index (χ3v) is 8.38. The highest BCUT2D eigenvalue weighted by atomic mass is 32.2. The lowest BCUT2D eigenvalue weighted by atomic mass is 10.3. The maximum Gasteiger partial charge on any atom is 0.0270 e. The van der Waals surface area contributed by atoms with E-state index in [-0.39, 0.29) is 0 Å². The first-order chi connectivity index (χ1) is 12.9. The SMILES string of the molecule is C1=CCC=CC(CSCCSCCCSCCSCc2ccncc2)=C1. The number of thioether (sulfide) groups is 4. The molecule has 0 unspecified atom stereocenters. The van der Waals surface area contributed by atoms with Crippen molar-refractivity contribution in [2.75, 3.05) is 40.3 Å². The highest BCUT2D eigenvalue weighted by molar-refractivity contribution is 8.03. The van der Waals surface area contributed by atoms with Crippen LogP contribution in [0.5, 0.6) is 0 Å². The van der Waals surface area contributed by atoms with Crippen LogP contribution in [-0.2, 0) is 5.75 Å². The maximum absolute atomic E-state index is 4.06. The molecule has 142 valence electrons. The molecule has 0 atom stereocenters. The van der Waals surface area contributed by atoms with E-state index in [1.165, 1.54) is 52.1 Å². The Kier molecular flexibility index (Phi) is 13.4. The second-order valence-corrected chi connectivity index (χ2v) is 10.5. The number of aromatic nitrogens is 1. The first kappa shape index (κ1) is 22.1. The molecule has 5 heteroatoms. The molecule has 1 heterocycles. The minimum Gasteiger partial charge on any atom is -0.265 e. The molecule has 0 saturated heterocycles. The standard InChI is InChI=1S/C21H29NS4/c1-2-4-7-20(6-3-1)18-25-16-14-23-12-5-13-24-15-17-26-19-21-8-10-22-11-9-21/h1,3-4,6-11H,2,5,12-19H2. The molecule has 1 aromatic heterocycles. The molecule has 1 aromatic rings. The first-order valence-electron chi connectivity index (χ1n) is 9.17. The van der Waals surface area contributed by atoms with Crippen molar-refractivity contribution >= 4 is 47.0 Å². The van der Waals surface area contributed by atoms with E-state index in [2.05, 4.69) is 82.8 Å². The number of rotatable bonds is 14. The molecular weight excluding hydrogens is 395 g/mol. The van der Waals surface area contributed by atoms with E-state index in [4.69, 9.17) is 0 Å². The minimum absolute atomic E-state index is 1.07. The van der Waals surface area contributed by atoms with Gasteiger partial charge >= 0.3 is 0 Å². The molecule has 0 aliphatic heterocycles. The van der Waals surface area contributed by atoms with Gasteiger partial charge in [-0.15, -0.1) is 0 Å². The summed E-state index contributed by atoms with van der Waals surface area (Å²) < 4.78 is 0. The molecule has 0 N–H and O–H groups in total. The van der Waals surface area contributed by atoms with Crippen LogP contribution in [0.1, 0.15) is 18.4 Å². The predicted molar refractivity (Wildman–Crippen MR) is 128 cm³/mol. The van der Waals surface area contributed by atoms with Crippen LogP contribution in [0.3, 0.4) is 0 Å². The Morgan fingerprint density at radius 1 is 0.769 bits per heavy atom. The average Bonchev–Trinajstić information content (AvgIpc) is 2.95. The van der Waals surface area contributed by atoms with Gasteiger partial charge in [0.25, 0.3) is 0 Å². The fraction of sp³-hybridized carbons (Fsp3) is 0.476. The highest BCUT2D eigenvalue weighted by Gasteiger charge is 1.97. The Morgan fingerprint density at radius 3 is 2.23 bits per heavy atom. The van der Waals surface area contributed by atoms with Crippen molar-refractivity contribution < 1.29 is 0 Å². The molecule has 1 aliphatic carbocycles. The zero-order valence-electron chi connectivity index (χ0n) is 15.3. The van der Waals surface area contributed by atoms with Crippen LogP contribution >= 0.6 is 47.0 Å². The van der Waals surface area contributed by atoms with Crippen molar-refractivity contribution in [1.29, 1.82) is 0 Å². The molecule has 0 bridgehead atoms. The van der Waals surface area contributed by atoms with Crippen molar-refractivity contribution in [1.82, 2.24) is 4.98 Å². The van der Waals surface area contributed by atoms with Crippen LogP contribution in [0.15, 0.2) is 60.5 Å². The Labute approximate surface area is 176 Å². The maximum atomic E-state index is 4.06. The number of allylic oxidation sites excluding steroid dienone is 5. The van der Waals surface area contributed by atoms with Gasteiger partial charge in [0.15, 0.2) is 0 Å². The molecule has 0 spiro atoms. The van der Waals surface area contributed by atoms with E-state index in [9.17, 15) is 0 Å². The lowest BCUT2D eigenvalue weighted by Gasteiger charge is -2.04. The predicted octanol–water partition coefficient (Wildman–Crippen LogP) is 6.35. The van der Waals surface area contributed by atoms with Crippen LogP contribution in [0.4, 0.5) is 0 Å². The quantitative estimate of drug-likeness (QED) is 0.322. The summed E-state index contributed by atoms with van der Waals surface area (Å²) in [5.74, 6) is 9.93. The van der Waals surface area contributed by atoms with E-state index in [0.29, 0.717) is 0 Å². The molecule has 26 heavy (non-hydrogen) atoms. The van der Waals surface area contributed by atoms with E-state index < -0.39 is 0 Å². The second-order valence-electron chi connectivity index (χ2n) is 5.85. The van der Waals surface area contributed by atoms with E-state index in [0.717, 1.165) is 17.9 Å². The van der Waals surface area contributed by atoms with E-state index >= 15 is 0 Å². The summed E-state index contributed by atoms with van der Waals surface area (Å²) in [4.78, 5) is 4.06. The van der Waals surface area contributed by atoms with Gasteiger partial charge in [-0.3, -0.25) is 4.98 Å². The zero-order chi connectivity index (χ0) is 18.1. The fourth-order valence-corrected chi connectivity index (χ4v) is 6.60. The lowest BCUT2D eigenvalue weighted by Crippen LogP contribution is -1.93. The molecular formula is C21H29NS4. The van der Waals surface area contributed by atoms with Crippen LogP contribution in [0.2, 0.25) is 0 Å². The van der Waals surface area contributed by atoms with Gasteiger partial charge in [0.1, 0.15) is 0 Å².